The topological polar surface area (TPSA) is 67.1 Å². The Morgan fingerprint density at radius 3 is 2.95 bits per heavy atom. The number of nitrogens with zero attached hydrogens (tertiary/aromatic N) is 2. The van der Waals surface area contributed by atoms with Crippen molar-refractivity contribution in [2.45, 2.75) is 6.54 Å². The van der Waals surface area contributed by atoms with Gasteiger partial charge in [0.2, 0.25) is 5.56 Å². The molecule has 0 saturated carbocycles. The minimum atomic E-state index is -0.0394. The van der Waals surface area contributed by atoms with Crippen molar-refractivity contribution in [1.82, 2.24) is 4.57 Å². The number of ether oxygens (including phenoxy) is 1. The van der Waals surface area contributed by atoms with E-state index in [-0.39, 0.29) is 12.2 Å². The van der Waals surface area contributed by atoms with E-state index in [1.165, 1.54) is 10.6 Å². The summed E-state index contributed by atoms with van der Waals surface area (Å²) in [6, 6.07) is 12.7. The van der Waals surface area contributed by atoms with Crippen LogP contribution in [0.15, 0.2) is 47.4 Å². The second-order valence-corrected chi connectivity index (χ2v) is 4.31. The number of anilines is 1. The number of hydrogen-bond acceptors (Lipinski definition) is 4. The fraction of sp³-hybridized carbons (Fsp3) is 0.200. The van der Waals surface area contributed by atoms with E-state index >= 15 is 0 Å². The van der Waals surface area contributed by atoms with Gasteiger partial charge < -0.3 is 14.6 Å². The fourth-order valence-corrected chi connectivity index (χ4v) is 1.76. The first-order valence-electron chi connectivity index (χ1n) is 6.18. The fourth-order valence-electron chi connectivity index (χ4n) is 1.76. The van der Waals surface area contributed by atoms with Gasteiger partial charge >= 0.3 is 0 Å². The van der Waals surface area contributed by atoms with Crippen molar-refractivity contribution in [2.24, 2.45) is 7.05 Å². The summed E-state index contributed by atoms with van der Waals surface area (Å²) >= 11 is 0. The van der Waals surface area contributed by atoms with Crippen molar-refractivity contribution < 1.29 is 4.74 Å². The van der Waals surface area contributed by atoms with Gasteiger partial charge in [-0.05, 0) is 23.8 Å². The van der Waals surface area contributed by atoms with Crippen LogP contribution in [0.1, 0.15) is 5.56 Å². The van der Waals surface area contributed by atoms with Crippen molar-refractivity contribution >= 4 is 5.69 Å². The average molecular weight is 269 g/mol. The van der Waals surface area contributed by atoms with Gasteiger partial charge in [-0.25, -0.2) is 0 Å². The van der Waals surface area contributed by atoms with Crippen LogP contribution in [-0.4, -0.2) is 11.2 Å². The summed E-state index contributed by atoms with van der Waals surface area (Å²) < 4.78 is 6.77. The van der Waals surface area contributed by atoms with E-state index in [9.17, 15) is 4.79 Å². The lowest BCUT2D eigenvalue weighted by atomic mass is 10.2. The molecule has 1 aromatic heterocycles. The Morgan fingerprint density at radius 1 is 1.35 bits per heavy atom. The van der Waals surface area contributed by atoms with Gasteiger partial charge in [0.05, 0.1) is 5.69 Å². The third-order valence-corrected chi connectivity index (χ3v) is 2.78. The zero-order chi connectivity index (χ0) is 14.4. The zero-order valence-electron chi connectivity index (χ0n) is 11.2. The van der Waals surface area contributed by atoms with E-state index in [0.29, 0.717) is 12.3 Å². The third kappa shape index (κ3) is 3.62. The van der Waals surface area contributed by atoms with E-state index < -0.39 is 0 Å². The SMILES string of the molecule is Cn1cc(NCc2cccc(OCC#N)c2)ccc1=O. The Balaban J connectivity index is 2.01. The molecule has 5 heteroatoms. The van der Waals surface area contributed by atoms with Gasteiger partial charge in [0, 0.05) is 25.9 Å². The van der Waals surface area contributed by atoms with Crippen molar-refractivity contribution in [1.29, 1.82) is 5.26 Å². The predicted octanol–water partition coefficient (Wildman–Crippen LogP) is 1.90. The van der Waals surface area contributed by atoms with E-state index in [1.54, 1.807) is 19.3 Å². The van der Waals surface area contributed by atoms with E-state index in [0.717, 1.165) is 11.3 Å². The quantitative estimate of drug-likeness (QED) is 0.900. The Kier molecular flexibility index (Phi) is 4.40. The molecule has 0 aliphatic heterocycles. The minimum absolute atomic E-state index is 0.0394. The highest BCUT2D eigenvalue weighted by atomic mass is 16.5. The zero-order valence-corrected chi connectivity index (χ0v) is 11.2. The Labute approximate surface area is 117 Å². The van der Waals surface area contributed by atoms with Gasteiger partial charge in [-0.1, -0.05) is 12.1 Å². The molecule has 0 radical (unpaired) electrons. The second kappa shape index (κ2) is 6.43. The monoisotopic (exact) mass is 269 g/mol. The van der Waals surface area contributed by atoms with E-state index in [1.807, 2.05) is 30.3 Å². The molecular formula is C15H15N3O2. The van der Waals surface area contributed by atoms with E-state index in [2.05, 4.69) is 5.32 Å². The van der Waals surface area contributed by atoms with Crippen LogP contribution in [0, 0.1) is 11.3 Å². The number of aryl methyl sites for hydroxylation is 1. The highest BCUT2D eigenvalue weighted by Crippen LogP contribution is 2.14. The van der Waals surface area contributed by atoms with Crippen LogP contribution in [-0.2, 0) is 13.6 Å². The molecule has 1 N–H and O–H groups in total. The van der Waals surface area contributed by atoms with Gasteiger partial charge in [-0.15, -0.1) is 0 Å². The summed E-state index contributed by atoms with van der Waals surface area (Å²) in [6.45, 7) is 0.652. The Morgan fingerprint density at radius 2 is 2.20 bits per heavy atom. The van der Waals surface area contributed by atoms with Crippen LogP contribution in [0.5, 0.6) is 5.75 Å². The standard InChI is InChI=1S/C15H15N3O2/c1-18-11-13(5-6-15(18)19)17-10-12-3-2-4-14(9-12)20-8-7-16/h2-6,9,11,17H,8,10H2,1H3. The molecule has 0 fully saturated rings. The van der Waals surface area contributed by atoms with Crippen molar-refractivity contribution in [3.05, 3.63) is 58.5 Å². The first-order chi connectivity index (χ1) is 9.69. The van der Waals surface area contributed by atoms with Gasteiger partial charge in [-0.3, -0.25) is 4.79 Å². The molecule has 0 amide bonds. The maximum Gasteiger partial charge on any atom is 0.250 e. The van der Waals surface area contributed by atoms with Crippen molar-refractivity contribution in [3.63, 3.8) is 0 Å². The molecule has 2 aromatic rings. The normalized spacial score (nSPS) is 9.80. The molecule has 0 unspecified atom stereocenters. The number of pyridine rings is 1. The highest BCUT2D eigenvalue weighted by molar-refractivity contribution is 5.41. The maximum absolute atomic E-state index is 11.3. The van der Waals surface area contributed by atoms with Crippen LogP contribution < -0.4 is 15.6 Å². The highest BCUT2D eigenvalue weighted by Gasteiger charge is 1.99. The molecule has 0 saturated heterocycles. The molecule has 2 rings (SSSR count). The van der Waals surface area contributed by atoms with Gasteiger partial charge in [0.15, 0.2) is 6.61 Å². The van der Waals surface area contributed by atoms with Crippen LogP contribution in [0.4, 0.5) is 5.69 Å². The molecule has 0 bridgehead atoms. The molecule has 0 aliphatic rings. The first kappa shape index (κ1) is 13.7. The summed E-state index contributed by atoms with van der Waals surface area (Å²) in [6.07, 6.45) is 1.75. The number of nitriles is 1. The lowest BCUT2D eigenvalue weighted by Crippen LogP contribution is -2.15. The van der Waals surface area contributed by atoms with Crippen LogP contribution in [0.2, 0.25) is 0 Å². The molecular weight excluding hydrogens is 254 g/mol. The smallest absolute Gasteiger partial charge is 0.250 e. The largest absolute Gasteiger partial charge is 0.479 e. The van der Waals surface area contributed by atoms with Crippen LogP contribution in [0.25, 0.3) is 0 Å². The Bertz CT molecular complexity index is 686. The number of rotatable bonds is 5. The number of hydrogen-bond donors (Lipinski definition) is 1. The van der Waals surface area contributed by atoms with E-state index in [4.69, 9.17) is 10.00 Å². The molecule has 0 atom stereocenters. The summed E-state index contributed by atoms with van der Waals surface area (Å²) in [7, 11) is 1.71. The predicted molar refractivity (Wildman–Crippen MR) is 76.6 cm³/mol. The molecule has 102 valence electrons. The summed E-state index contributed by atoms with van der Waals surface area (Å²) in [5.74, 6) is 0.673. The number of benzene rings is 1. The summed E-state index contributed by atoms with van der Waals surface area (Å²) in [5, 5.41) is 11.7. The summed E-state index contributed by atoms with van der Waals surface area (Å²) in [5.41, 5.74) is 1.87. The second-order valence-electron chi connectivity index (χ2n) is 4.31. The first-order valence-corrected chi connectivity index (χ1v) is 6.18. The average Bonchev–Trinajstić information content (AvgIpc) is 2.47. The lowest BCUT2D eigenvalue weighted by molar-refractivity contribution is 0.368. The van der Waals surface area contributed by atoms with Crippen LogP contribution >= 0.6 is 0 Å². The van der Waals surface area contributed by atoms with Gasteiger partial charge in [0.1, 0.15) is 11.8 Å². The molecule has 0 spiro atoms. The molecule has 5 nitrogen and oxygen atoms in total. The maximum atomic E-state index is 11.3. The molecule has 20 heavy (non-hydrogen) atoms. The number of nitrogens with one attached hydrogen (secondary N) is 1. The summed E-state index contributed by atoms with van der Waals surface area (Å²) in [4.78, 5) is 11.3. The lowest BCUT2D eigenvalue weighted by Gasteiger charge is -2.09. The Hall–Kier alpha value is -2.74. The number of aromatic nitrogens is 1. The molecule has 1 heterocycles. The minimum Gasteiger partial charge on any atom is -0.479 e. The molecule has 0 aliphatic carbocycles. The van der Waals surface area contributed by atoms with Gasteiger partial charge in [-0.2, -0.15) is 5.26 Å². The van der Waals surface area contributed by atoms with Crippen molar-refractivity contribution in [2.75, 3.05) is 11.9 Å². The van der Waals surface area contributed by atoms with Crippen LogP contribution in [0.3, 0.4) is 0 Å². The molecule has 1 aromatic carbocycles. The van der Waals surface area contributed by atoms with Gasteiger partial charge in [0.25, 0.3) is 0 Å². The van der Waals surface area contributed by atoms with Crippen molar-refractivity contribution in [3.8, 4) is 11.8 Å². The third-order valence-electron chi connectivity index (χ3n) is 2.78.